The Morgan fingerprint density at radius 1 is 1.62 bits per heavy atom. The topological polar surface area (TPSA) is 38.0 Å². The minimum atomic E-state index is -0.286. The van der Waals surface area contributed by atoms with Crippen LogP contribution in [0.15, 0.2) is 0 Å². The molecule has 1 unspecified atom stereocenters. The molecule has 0 fully saturated rings. The normalized spacial score (nSPS) is 13.3. The Kier molecular flexibility index (Phi) is 3.33. The van der Waals surface area contributed by atoms with Gasteiger partial charge in [-0.25, -0.2) is 0 Å². The summed E-state index contributed by atoms with van der Waals surface area (Å²) < 4.78 is 1.78. The minimum absolute atomic E-state index is 0.286. The lowest BCUT2D eigenvalue weighted by atomic mass is 10.1. The number of aromatic nitrogens is 2. The molecule has 0 aromatic carbocycles. The number of aliphatic hydroxyl groups excluding tert-OH is 1. The molecule has 13 heavy (non-hydrogen) atoms. The van der Waals surface area contributed by atoms with E-state index in [1.807, 2.05) is 14.0 Å². The first-order valence-electron chi connectivity index (χ1n) is 4.38. The van der Waals surface area contributed by atoms with Gasteiger partial charge in [-0.3, -0.25) is 4.68 Å². The van der Waals surface area contributed by atoms with Crippen molar-refractivity contribution < 1.29 is 5.11 Å². The number of nitrogens with zero attached hydrogens (tertiary/aromatic N) is 2. The monoisotopic (exact) mass is 202 g/mol. The molecule has 74 valence electrons. The van der Waals surface area contributed by atoms with Gasteiger partial charge in [0.1, 0.15) is 0 Å². The van der Waals surface area contributed by atoms with Crippen molar-refractivity contribution in [1.29, 1.82) is 0 Å². The second kappa shape index (κ2) is 4.11. The third kappa shape index (κ3) is 2.45. The van der Waals surface area contributed by atoms with Gasteiger partial charge in [-0.1, -0.05) is 11.6 Å². The third-order valence-corrected chi connectivity index (χ3v) is 2.55. The zero-order valence-electron chi connectivity index (χ0n) is 8.21. The van der Waals surface area contributed by atoms with E-state index in [2.05, 4.69) is 5.10 Å². The van der Waals surface area contributed by atoms with Gasteiger partial charge in [0.05, 0.1) is 22.5 Å². The molecule has 0 aliphatic rings. The molecule has 0 aliphatic carbocycles. The van der Waals surface area contributed by atoms with Gasteiger partial charge in [0.15, 0.2) is 0 Å². The number of aryl methyl sites for hydroxylation is 2. The predicted molar refractivity (Wildman–Crippen MR) is 53.0 cm³/mol. The van der Waals surface area contributed by atoms with Crippen molar-refractivity contribution >= 4 is 11.6 Å². The molecular formula is C9H15ClN2O. The second-order valence-corrected chi connectivity index (χ2v) is 3.74. The van der Waals surface area contributed by atoms with Crippen LogP contribution in [0, 0.1) is 6.92 Å². The van der Waals surface area contributed by atoms with Gasteiger partial charge in [-0.2, -0.15) is 5.10 Å². The lowest BCUT2D eigenvalue weighted by Gasteiger charge is -2.04. The molecule has 3 nitrogen and oxygen atoms in total. The molecule has 0 saturated heterocycles. The zero-order valence-corrected chi connectivity index (χ0v) is 8.97. The Morgan fingerprint density at radius 3 is 2.62 bits per heavy atom. The molecule has 1 heterocycles. The van der Waals surface area contributed by atoms with Crippen LogP contribution in [0.1, 0.15) is 24.7 Å². The second-order valence-electron chi connectivity index (χ2n) is 3.36. The van der Waals surface area contributed by atoms with E-state index < -0.39 is 0 Å². The summed E-state index contributed by atoms with van der Waals surface area (Å²) in [7, 11) is 1.87. The number of aliphatic hydroxyl groups is 1. The smallest absolute Gasteiger partial charge is 0.0846 e. The van der Waals surface area contributed by atoms with Crippen LogP contribution in [0.3, 0.4) is 0 Å². The molecular weight excluding hydrogens is 188 g/mol. The van der Waals surface area contributed by atoms with Crippen molar-refractivity contribution in [3.8, 4) is 0 Å². The summed E-state index contributed by atoms with van der Waals surface area (Å²) in [4.78, 5) is 0. The molecule has 0 radical (unpaired) electrons. The summed E-state index contributed by atoms with van der Waals surface area (Å²) >= 11 is 6.03. The number of hydrogen-bond acceptors (Lipinski definition) is 2. The Morgan fingerprint density at radius 2 is 2.23 bits per heavy atom. The Hall–Kier alpha value is -0.540. The number of halogens is 1. The van der Waals surface area contributed by atoms with E-state index in [1.54, 1.807) is 11.6 Å². The van der Waals surface area contributed by atoms with Crippen LogP contribution >= 0.6 is 11.6 Å². The van der Waals surface area contributed by atoms with E-state index in [0.29, 0.717) is 0 Å². The van der Waals surface area contributed by atoms with E-state index in [9.17, 15) is 0 Å². The molecule has 1 N–H and O–H groups in total. The molecule has 0 saturated carbocycles. The average molecular weight is 203 g/mol. The van der Waals surface area contributed by atoms with Crippen LogP contribution in [0.5, 0.6) is 0 Å². The Balaban J connectivity index is 2.76. The SMILES string of the molecule is Cc1nn(C)c(CCC(C)O)c1Cl. The predicted octanol–water partition coefficient (Wildman–Crippen LogP) is 1.70. The highest BCUT2D eigenvalue weighted by molar-refractivity contribution is 6.31. The van der Waals surface area contributed by atoms with E-state index >= 15 is 0 Å². The van der Waals surface area contributed by atoms with Crippen LogP contribution < -0.4 is 0 Å². The highest BCUT2D eigenvalue weighted by atomic mass is 35.5. The lowest BCUT2D eigenvalue weighted by Crippen LogP contribution is -2.05. The summed E-state index contributed by atoms with van der Waals surface area (Å²) in [6.45, 7) is 3.66. The maximum atomic E-state index is 9.13. The summed E-state index contributed by atoms with van der Waals surface area (Å²) in [6.07, 6.45) is 1.21. The first-order valence-corrected chi connectivity index (χ1v) is 4.76. The van der Waals surface area contributed by atoms with Gasteiger partial charge in [-0.05, 0) is 26.7 Å². The molecule has 0 bridgehead atoms. The summed E-state index contributed by atoms with van der Waals surface area (Å²) in [5, 5.41) is 14.0. The molecule has 1 rings (SSSR count). The average Bonchev–Trinajstić information content (AvgIpc) is 2.24. The van der Waals surface area contributed by atoms with Crippen LogP contribution in [0.25, 0.3) is 0 Å². The van der Waals surface area contributed by atoms with Gasteiger partial charge in [0, 0.05) is 7.05 Å². The standard InChI is InChI=1S/C9H15ClN2O/c1-6(13)4-5-8-9(10)7(2)11-12(8)3/h6,13H,4-5H2,1-3H3. The molecule has 0 spiro atoms. The van der Waals surface area contributed by atoms with Gasteiger partial charge in [0.25, 0.3) is 0 Å². The van der Waals surface area contributed by atoms with Gasteiger partial charge >= 0.3 is 0 Å². The van der Waals surface area contributed by atoms with Gasteiger partial charge in [0.2, 0.25) is 0 Å². The highest BCUT2D eigenvalue weighted by Crippen LogP contribution is 2.20. The van der Waals surface area contributed by atoms with Crippen molar-refractivity contribution in [2.24, 2.45) is 7.05 Å². The fraction of sp³-hybridized carbons (Fsp3) is 0.667. The highest BCUT2D eigenvalue weighted by Gasteiger charge is 2.11. The van der Waals surface area contributed by atoms with E-state index in [4.69, 9.17) is 16.7 Å². The van der Waals surface area contributed by atoms with Crippen molar-refractivity contribution in [2.45, 2.75) is 32.8 Å². The van der Waals surface area contributed by atoms with Crippen molar-refractivity contribution in [2.75, 3.05) is 0 Å². The van der Waals surface area contributed by atoms with Crippen molar-refractivity contribution in [1.82, 2.24) is 9.78 Å². The van der Waals surface area contributed by atoms with E-state index in [0.717, 1.165) is 29.3 Å². The Labute approximate surface area is 83.3 Å². The molecule has 1 aromatic rings. The quantitative estimate of drug-likeness (QED) is 0.810. The van der Waals surface area contributed by atoms with Crippen molar-refractivity contribution in [3.05, 3.63) is 16.4 Å². The van der Waals surface area contributed by atoms with E-state index in [-0.39, 0.29) is 6.10 Å². The first kappa shape index (κ1) is 10.5. The molecule has 4 heteroatoms. The van der Waals surface area contributed by atoms with Crippen LogP contribution in [-0.4, -0.2) is 21.0 Å². The number of hydrogen-bond donors (Lipinski definition) is 1. The molecule has 0 aliphatic heterocycles. The fourth-order valence-electron chi connectivity index (χ4n) is 1.30. The number of rotatable bonds is 3. The maximum absolute atomic E-state index is 9.13. The largest absolute Gasteiger partial charge is 0.393 e. The summed E-state index contributed by atoms with van der Waals surface area (Å²) in [6, 6.07) is 0. The maximum Gasteiger partial charge on any atom is 0.0846 e. The molecule has 0 amide bonds. The third-order valence-electron chi connectivity index (χ3n) is 2.06. The van der Waals surface area contributed by atoms with Crippen LogP contribution in [0.4, 0.5) is 0 Å². The molecule has 1 atom stereocenters. The first-order chi connectivity index (χ1) is 6.02. The summed E-state index contributed by atoms with van der Waals surface area (Å²) in [5.41, 5.74) is 1.85. The van der Waals surface area contributed by atoms with Gasteiger partial charge in [-0.15, -0.1) is 0 Å². The fourth-order valence-corrected chi connectivity index (χ4v) is 1.55. The van der Waals surface area contributed by atoms with E-state index in [1.165, 1.54) is 0 Å². The zero-order chi connectivity index (χ0) is 10.0. The molecule has 1 aromatic heterocycles. The van der Waals surface area contributed by atoms with Crippen LogP contribution in [0.2, 0.25) is 5.02 Å². The summed E-state index contributed by atoms with van der Waals surface area (Å²) in [5.74, 6) is 0. The lowest BCUT2D eigenvalue weighted by molar-refractivity contribution is 0.184. The van der Waals surface area contributed by atoms with Crippen molar-refractivity contribution in [3.63, 3.8) is 0 Å². The minimum Gasteiger partial charge on any atom is -0.393 e. The Bertz CT molecular complexity index is 294. The van der Waals surface area contributed by atoms with Crippen LogP contribution in [-0.2, 0) is 13.5 Å². The van der Waals surface area contributed by atoms with Gasteiger partial charge < -0.3 is 5.11 Å².